The zero-order chi connectivity index (χ0) is 12.3. The summed E-state index contributed by atoms with van der Waals surface area (Å²) in [7, 11) is 1.66. The Kier molecular flexibility index (Phi) is 3.67. The topological polar surface area (TPSA) is 39.4 Å². The number of methoxy groups -OCH3 is 1. The van der Waals surface area contributed by atoms with Crippen molar-refractivity contribution < 1.29 is 13.9 Å². The monoisotopic (exact) mass is 236 g/mol. The van der Waals surface area contributed by atoms with E-state index in [1.54, 1.807) is 19.6 Å². The number of ketones is 1. The van der Waals surface area contributed by atoms with Crippen molar-refractivity contribution >= 4 is 5.78 Å². The summed E-state index contributed by atoms with van der Waals surface area (Å²) in [5.41, 5.74) is 0.374. The van der Waals surface area contributed by atoms with Gasteiger partial charge in [0.2, 0.25) is 0 Å². The molecule has 2 unspecified atom stereocenters. The fraction of sp³-hybridized carbons (Fsp3) is 0.643. The van der Waals surface area contributed by atoms with Crippen molar-refractivity contribution in [3.05, 3.63) is 24.2 Å². The number of ether oxygens (including phenoxy) is 1. The molecule has 1 saturated carbocycles. The van der Waals surface area contributed by atoms with Gasteiger partial charge in [0, 0.05) is 13.5 Å². The highest BCUT2D eigenvalue weighted by molar-refractivity contribution is 5.89. The minimum Gasteiger partial charge on any atom is -0.472 e. The molecule has 94 valence electrons. The smallest absolute Gasteiger partial charge is 0.169 e. The van der Waals surface area contributed by atoms with Crippen LogP contribution in [-0.2, 0) is 16.0 Å². The fourth-order valence-electron chi connectivity index (χ4n) is 2.80. The van der Waals surface area contributed by atoms with Crippen LogP contribution in [0.4, 0.5) is 0 Å². The fourth-order valence-corrected chi connectivity index (χ4v) is 2.80. The van der Waals surface area contributed by atoms with Gasteiger partial charge in [-0.3, -0.25) is 4.79 Å². The van der Waals surface area contributed by atoms with E-state index in [0.717, 1.165) is 24.8 Å². The van der Waals surface area contributed by atoms with E-state index in [1.165, 1.54) is 6.42 Å². The summed E-state index contributed by atoms with van der Waals surface area (Å²) in [6.07, 6.45) is 7.62. The van der Waals surface area contributed by atoms with Crippen molar-refractivity contribution in [1.29, 1.82) is 0 Å². The van der Waals surface area contributed by atoms with E-state index in [1.807, 2.05) is 6.07 Å². The minimum atomic E-state index is -0.561. The molecule has 0 saturated heterocycles. The molecule has 0 aliphatic heterocycles. The van der Waals surface area contributed by atoms with Crippen molar-refractivity contribution in [3.8, 4) is 0 Å². The molecule has 1 aromatic rings. The maximum Gasteiger partial charge on any atom is 0.169 e. The van der Waals surface area contributed by atoms with Gasteiger partial charge in [-0.1, -0.05) is 13.3 Å². The maximum absolute atomic E-state index is 12.4. The van der Waals surface area contributed by atoms with Gasteiger partial charge in [-0.15, -0.1) is 0 Å². The summed E-state index contributed by atoms with van der Waals surface area (Å²) in [5.74, 6) is 0.755. The summed E-state index contributed by atoms with van der Waals surface area (Å²) >= 11 is 0. The van der Waals surface area contributed by atoms with E-state index in [0.29, 0.717) is 12.3 Å². The predicted octanol–water partition coefficient (Wildman–Crippen LogP) is 2.99. The van der Waals surface area contributed by atoms with E-state index in [2.05, 4.69) is 6.92 Å². The molecule has 0 aromatic carbocycles. The molecule has 17 heavy (non-hydrogen) atoms. The van der Waals surface area contributed by atoms with Crippen LogP contribution in [0.1, 0.15) is 38.2 Å². The highest BCUT2D eigenvalue weighted by Gasteiger charge is 2.41. The lowest BCUT2D eigenvalue weighted by molar-refractivity contribution is -0.146. The third-order valence-electron chi connectivity index (χ3n) is 3.80. The molecule has 1 fully saturated rings. The molecule has 1 aliphatic rings. The van der Waals surface area contributed by atoms with Crippen LogP contribution in [0.5, 0.6) is 0 Å². The van der Waals surface area contributed by atoms with Crippen molar-refractivity contribution in [2.75, 3.05) is 7.11 Å². The number of carbonyl (C=O) groups excluding carboxylic acids is 1. The lowest BCUT2D eigenvalue weighted by atomic mass is 9.75. The molecule has 0 radical (unpaired) electrons. The molecule has 0 N–H and O–H groups in total. The van der Waals surface area contributed by atoms with Gasteiger partial charge in [0.25, 0.3) is 0 Å². The quantitative estimate of drug-likeness (QED) is 0.806. The van der Waals surface area contributed by atoms with E-state index in [-0.39, 0.29) is 5.78 Å². The van der Waals surface area contributed by atoms with Crippen LogP contribution < -0.4 is 0 Å². The van der Waals surface area contributed by atoms with Crippen LogP contribution in [0, 0.1) is 5.92 Å². The van der Waals surface area contributed by atoms with Crippen LogP contribution in [0.15, 0.2) is 23.0 Å². The molecule has 1 aliphatic carbocycles. The Hall–Kier alpha value is -1.09. The molecule has 3 nitrogen and oxygen atoms in total. The Morgan fingerprint density at radius 1 is 1.65 bits per heavy atom. The average Bonchev–Trinajstić information content (AvgIpc) is 2.81. The van der Waals surface area contributed by atoms with Crippen LogP contribution >= 0.6 is 0 Å². The zero-order valence-electron chi connectivity index (χ0n) is 10.6. The van der Waals surface area contributed by atoms with E-state index < -0.39 is 5.60 Å². The molecule has 3 heteroatoms. The van der Waals surface area contributed by atoms with Gasteiger partial charge in [-0.25, -0.2) is 0 Å². The number of furan rings is 1. The highest BCUT2D eigenvalue weighted by Crippen LogP contribution is 2.36. The standard InChI is InChI=1S/C14H20O3/c1-11-4-3-6-14(9-11,16-2)13(15)8-12-5-7-17-10-12/h5,7,10-11H,3-4,6,8-9H2,1-2H3. The lowest BCUT2D eigenvalue weighted by Gasteiger charge is -2.37. The number of rotatable bonds is 4. The Balaban J connectivity index is 2.09. The molecule has 0 amide bonds. The molecule has 2 rings (SSSR count). The first-order valence-electron chi connectivity index (χ1n) is 6.26. The number of hydrogen-bond acceptors (Lipinski definition) is 3. The Morgan fingerprint density at radius 3 is 3.06 bits per heavy atom. The van der Waals surface area contributed by atoms with Gasteiger partial charge in [0.05, 0.1) is 12.5 Å². The second kappa shape index (κ2) is 5.05. The number of Topliss-reactive ketones (excluding diaryl/α,β-unsaturated/α-hetero) is 1. The number of carbonyl (C=O) groups is 1. The van der Waals surface area contributed by atoms with Crippen LogP contribution in [0.3, 0.4) is 0 Å². The first kappa shape index (κ1) is 12.4. The number of hydrogen-bond donors (Lipinski definition) is 0. The van der Waals surface area contributed by atoms with Gasteiger partial charge in [0.1, 0.15) is 5.60 Å². The molecule has 2 atom stereocenters. The van der Waals surface area contributed by atoms with Gasteiger partial charge in [0.15, 0.2) is 5.78 Å². The highest BCUT2D eigenvalue weighted by atomic mass is 16.5. The summed E-state index contributed by atoms with van der Waals surface area (Å²) < 4.78 is 10.6. The van der Waals surface area contributed by atoms with Crippen molar-refractivity contribution in [2.24, 2.45) is 5.92 Å². The first-order valence-corrected chi connectivity index (χ1v) is 6.26. The van der Waals surface area contributed by atoms with Crippen molar-refractivity contribution in [2.45, 2.75) is 44.6 Å². The second-order valence-corrected chi connectivity index (χ2v) is 5.13. The Bertz CT molecular complexity index is 369. The Labute approximate surface area is 102 Å². The molecule has 1 aromatic heterocycles. The second-order valence-electron chi connectivity index (χ2n) is 5.13. The van der Waals surface area contributed by atoms with E-state index in [9.17, 15) is 4.79 Å². The summed E-state index contributed by atoms with van der Waals surface area (Å²) in [4.78, 5) is 12.4. The molecule has 0 bridgehead atoms. The van der Waals surface area contributed by atoms with Gasteiger partial charge in [-0.2, -0.15) is 0 Å². The first-order chi connectivity index (χ1) is 8.16. The van der Waals surface area contributed by atoms with Crippen LogP contribution in [0.25, 0.3) is 0 Å². The average molecular weight is 236 g/mol. The minimum absolute atomic E-state index is 0.188. The van der Waals surface area contributed by atoms with Crippen molar-refractivity contribution in [3.63, 3.8) is 0 Å². The zero-order valence-corrected chi connectivity index (χ0v) is 10.6. The van der Waals surface area contributed by atoms with Crippen molar-refractivity contribution in [1.82, 2.24) is 0 Å². The van der Waals surface area contributed by atoms with Gasteiger partial charge >= 0.3 is 0 Å². The molecule has 0 spiro atoms. The van der Waals surface area contributed by atoms with Gasteiger partial charge in [-0.05, 0) is 36.8 Å². The van der Waals surface area contributed by atoms with E-state index in [4.69, 9.17) is 9.15 Å². The van der Waals surface area contributed by atoms with E-state index >= 15 is 0 Å². The normalized spacial score (nSPS) is 29.2. The SMILES string of the molecule is COC1(C(=O)Cc2ccoc2)CCCC(C)C1. The predicted molar refractivity (Wildman–Crippen MR) is 64.8 cm³/mol. The molecule has 1 heterocycles. The molecular formula is C14H20O3. The third-order valence-corrected chi connectivity index (χ3v) is 3.80. The van der Waals surface area contributed by atoms with Crippen LogP contribution in [0.2, 0.25) is 0 Å². The third kappa shape index (κ3) is 2.60. The Morgan fingerprint density at radius 2 is 2.47 bits per heavy atom. The van der Waals surface area contributed by atoms with Gasteiger partial charge < -0.3 is 9.15 Å². The summed E-state index contributed by atoms with van der Waals surface area (Å²) in [6.45, 7) is 2.19. The van der Waals surface area contributed by atoms with Crippen LogP contribution in [-0.4, -0.2) is 18.5 Å². The summed E-state index contributed by atoms with van der Waals surface area (Å²) in [6, 6.07) is 1.84. The maximum atomic E-state index is 12.4. The molecular weight excluding hydrogens is 216 g/mol. The lowest BCUT2D eigenvalue weighted by Crippen LogP contribution is -2.45. The largest absolute Gasteiger partial charge is 0.472 e. The summed E-state index contributed by atoms with van der Waals surface area (Å²) in [5, 5.41) is 0.